The van der Waals surface area contributed by atoms with Crippen LogP contribution in [0.3, 0.4) is 0 Å². The zero-order valence-corrected chi connectivity index (χ0v) is 15.1. The van der Waals surface area contributed by atoms with Crippen molar-refractivity contribution in [1.29, 1.82) is 0 Å². The number of benzene rings is 1. The summed E-state index contributed by atoms with van der Waals surface area (Å²) in [6.45, 7) is 1.26. The number of para-hydroxylation sites is 1. The molecule has 2 amide bonds. The Kier molecular flexibility index (Phi) is 4.54. The second kappa shape index (κ2) is 7.15. The Morgan fingerprint density at radius 1 is 1.19 bits per heavy atom. The predicted octanol–water partition coefficient (Wildman–Crippen LogP) is 2.62. The quantitative estimate of drug-likeness (QED) is 0.779. The van der Waals surface area contributed by atoms with E-state index in [4.69, 9.17) is 4.98 Å². The number of nitrogens with one attached hydrogen (secondary N) is 1. The van der Waals surface area contributed by atoms with E-state index >= 15 is 0 Å². The van der Waals surface area contributed by atoms with Crippen molar-refractivity contribution in [1.82, 2.24) is 20.2 Å². The number of pyridine rings is 2. The molecule has 1 aromatic carbocycles. The summed E-state index contributed by atoms with van der Waals surface area (Å²) in [5.74, 6) is -0.0345. The second-order valence-electron chi connectivity index (χ2n) is 6.67. The molecule has 6 nitrogen and oxygen atoms in total. The van der Waals surface area contributed by atoms with Gasteiger partial charge in [-0.2, -0.15) is 0 Å². The van der Waals surface area contributed by atoms with Gasteiger partial charge in [-0.15, -0.1) is 0 Å². The first kappa shape index (κ1) is 17.1. The van der Waals surface area contributed by atoms with E-state index < -0.39 is 0 Å². The van der Waals surface area contributed by atoms with Crippen molar-refractivity contribution in [2.75, 3.05) is 20.1 Å². The maximum atomic E-state index is 12.7. The molecule has 136 valence electrons. The minimum atomic E-state index is -0.129. The van der Waals surface area contributed by atoms with Gasteiger partial charge in [0, 0.05) is 49.5 Å². The van der Waals surface area contributed by atoms with Gasteiger partial charge in [-0.25, -0.2) is 0 Å². The number of amides is 2. The Morgan fingerprint density at radius 2 is 2.04 bits per heavy atom. The van der Waals surface area contributed by atoms with Crippen LogP contribution < -0.4 is 5.32 Å². The number of fused-ring (bicyclic) bond motifs is 1. The number of carbonyl (C=O) groups excluding carboxylic acids is 2. The molecule has 4 rings (SSSR count). The van der Waals surface area contributed by atoms with E-state index in [1.165, 1.54) is 0 Å². The van der Waals surface area contributed by atoms with Crippen LogP contribution >= 0.6 is 0 Å². The number of hydrogen-bond acceptors (Lipinski definition) is 4. The maximum absolute atomic E-state index is 12.7. The molecule has 1 N–H and O–H groups in total. The van der Waals surface area contributed by atoms with Crippen LogP contribution in [-0.2, 0) is 0 Å². The molecule has 0 saturated carbocycles. The summed E-state index contributed by atoms with van der Waals surface area (Å²) in [7, 11) is 1.63. The van der Waals surface area contributed by atoms with Gasteiger partial charge in [0.1, 0.15) is 0 Å². The van der Waals surface area contributed by atoms with Crippen molar-refractivity contribution < 1.29 is 9.59 Å². The third kappa shape index (κ3) is 3.26. The third-order valence-corrected chi connectivity index (χ3v) is 5.01. The Balaban J connectivity index is 1.63. The Labute approximate surface area is 157 Å². The fourth-order valence-electron chi connectivity index (χ4n) is 3.59. The number of carbonyl (C=O) groups is 2. The largest absolute Gasteiger partial charge is 0.355 e. The summed E-state index contributed by atoms with van der Waals surface area (Å²) in [5, 5.41) is 3.54. The summed E-state index contributed by atoms with van der Waals surface area (Å²) in [5.41, 5.74) is 2.87. The highest BCUT2D eigenvalue weighted by atomic mass is 16.2. The Hall–Kier alpha value is -3.28. The van der Waals surface area contributed by atoms with Crippen LogP contribution in [0.2, 0.25) is 0 Å². The monoisotopic (exact) mass is 360 g/mol. The van der Waals surface area contributed by atoms with E-state index in [1.807, 2.05) is 35.2 Å². The molecule has 0 bridgehead atoms. The maximum Gasteiger partial charge on any atom is 0.255 e. The van der Waals surface area contributed by atoms with Gasteiger partial charge >= 0.3 is 0 Å². The number of hydrogen-bond donors (Lipinski definition) is 1. The van der Waals surface area contributed by atoms with Crippen LogP contribution in [0.15, 0.2) is 54.9 Å². The van der Waals surface area contributed by atoms with Crippen LogP contribution in [0.5, 0.6) is 0 Å². The van der Waals surface area contributed by atoms with Crippen molar-refractivity contribution in [2.45, 2.75) is 12.3 Å². The first-order valence-electron chi connectivity index (χ1n) is 8.98. The molecule has 1 atom stereocenters. The highest BCUT2D eigenvalue weighted by molar-refractivity contribution is 6.06. The van der Waals surface area contributed by atoms with Crippen LogP contribution in [-0.4, -0.2) is 46.8 Å². The molecule has 27 heavy (non-hydrogen) atoms. The lowest BCUT2D eigenvalue weighted by atomic mass is 9.99. The lowest BCUT2D eigenvalue weighted by molar-refractivity contribution is 0.0790. The van der Waals surface area contributed by atoms with Gasteiger partial charge in [0.25, 0.3) is 11.8 Å². The predicted molar refractivity (Wildman–Crippen MR) is 103 cm³/mol. The van der Waals surface area contributed by atoms with E-state index in [1.54, 1.807) is 31.6 Å². The molecule has 0 aliphatic carbocycles. The fourth-order valence-corrected chi connectivity index (χ4v) is 3.59. The number of aromatic nitrogens is 2. The van der Waals surface area contributed by atoms with Crippen molar-refractivity contribution >= 4 is 22.7 Å². The van der Waals surface area contributed by atoms with Crippen LogP contribution in [0.1, 0.15) is 38.7 Å². The molecule has 1 unspecified atom stereocenters. The van der Waals surface area contributed by atoms with E-state index in [0.717, 1.165) is 23.0 Å². The van der Waals surface area contributed by atoms with Crippen molar-refractivity contribution in [3.8, 4) is 0 Å². The van der Waals surface area contributed by atoms with Crippen LogP contribution in [0, 0.1) is 0 Å². The minimum Gasteiger partial charge on any atom is -0.355 e. The highest BCUT2D eigenvalue weighted by Gasteiger charge is 2.29. The van der Waals surface area contributed by atoms with E-state index in [9.17, 15) is 9.59 Å². The zero-order valence-electron chi connectivity index (χ0n) is 15.1. The number of nitrogens with zero attached hydrogens (tertiary/aromatic N) is 3. The molecule has 2 aromatic heterocycles. The summed E-state index contributed by atoms with van der Waals surface area (Å²) in [6.07, 6.45) is 4.07. The summed E-state index contributed by atoms with van der Waals surface area (Å²) in [4.78, 5) is 35.6. The lowest BCUT2D eigenvalue weighted by Crippen LogP contribution is -2.28. The lowest BCUT2D eigenvalue weighted by Gasteiger charge is -2.17. The molecular weight excluding hydrogens is 340 g/mol. The van der Waals surface area contributed by atoms with Gasteiger partial charge < -0.3 is 10.2 Å². The Bertz CT molecular complexity index is 1000. The summed E-state index contributed by atoms with van der Waals surface area (Å²) in [6, 6.07) is 13.0. The van der Waals surface area contributed by atoms with Crippen LogP contribution in [0.4, 0.5) is 0 Å². The van der Waals surface area contributed by atoms with E-state index in [2.05, 4.69) is 10.3 Å². The van der Waals surface area contributed by atoms with E-state index in [0.29, 0.717) is 24.2 Å². The van der Waals surface area contributed by atoms with Gasteiger partial charge in [-0.1, -0.05) is 18.2 Å². The third-order valence-electron chi connectivity index (χ3n) is 5.01. The van der Waals surface area contributed by atoms with Gasteiger partial charge in [-0.3, -0.25) is 19.6 Å². The molecular formula is C21H20N4O2. The zero-order chi connectivity index (χ0) is 18.8. The highest BCUT2D eigenvalue weighted by Crippen LogP contribution is 2.30. The standard InChI is InChI=1S/C21H20N4O2/c1-22-20(26)17-11-19(24-18-7-3-2-6-16(17)18)15-8-10-25(13-15)21(27)14-5-4-9-23-12-14/h2-7,9,11-12,15H,8,10,13H2,1H3,(H,22,26). The van der Waals surface area contributed by atoms with Crippen LogP contribution in [0.25, 0.3) is 10.9 Å². The average Bonchev–Trinajstić information content (AvgIpc) is 3.22. The molecule has 1 aliphatic heterocycles. The summed E-state index contributed by atoms with van der Waals surface area (Å²) >= 11 is 0. The Morgan fingerprint density at radius 3 is 2.81 bits per heavy atom. The molecule has 1 aliphatic rings. The van der Waals surface area contributed by atoms with Gasteiger partial charge in [0.15, 0.2) is 0 Å². The van der Waals surface area contributed by atoms with Gasteiger partial charge in [0.05, 0.1) is 16.6 Å². The smallest absolute Gasteiger partial charge is 0.255 e. The topological polar surface area (TPSA) is 75.2 Å². The molecule has 1 fully saturated rings. The second-order valence-corrected chi connectivity index (χ2v) is 6.67. The summed E-state index contributed by atoms with van der Waals surface area (Å²) < 4.78 is 0. The van der Waals surface area contributed by atoms with Crippen molar-refractivity contribution in [2.24, 2.45) is 0 Å². The van der Waals surface area contributed by atoms with Gasteiger partial charge in [-0.05, 0) is 30.7 Å². The molecule has 6 heteroatoms. The molecule has 3 heterocycles. The molecule has 0 radical (unpaired) electrons. The van der Waals surface area contributed by atoms with E-state index in [-0.39, 0.29) is 17.7 Å². The first-order chi connectivity index (χ1) is 13.2. The number of rotatable bonds is 3. The van der Waals surface area contributed by atoms with Crippen molar-refractivity contribution in [3.05, 3.63) is 71.7 Å². The fraction of sp³-hybridized carbons (Fsp3) is 0.238. The minimum absolute atomic E-state index is 0.0158. The SMILES string of the molecule is CNC(=O)c1cc(C2CCN(C(=O)c3cccnc3)C2)nc2ccccc12. The number of likely N-dealkylation sites (tertiary alicyclic amines) is 1. The average molecular weight is 360 g/mol. The van der Waals surface area contributed by atoms with Gasteiger partial charge in [0.2, 0.25) is 0 Å². The molecule has 1 saturated heterocycles. The van der Waals surface area contributed by atoms with Crippen molar-refractivity contribution in [3.63, 3.8) is 0 Å². The molecule has 0 spiro atoms. The first-order valence-corrected chi connectivity index (χ1v) is 8.98. The molecule has 3 aromatic rings. The normalized spacial score (nSPS) is 16.5.